The van der Waals surface area contributed by atoms with E-state index < -0.39 is 18.5 Å². The third-order valence-corrected chi connectivity index (χ3v) is 1.76. The number of hydrogen-bond acceptors (Lipinski definition) is 4. The van der Waals surface area contributed by atoms with Gasteiger partial charge in [0.1, 0.15) is 5.75 Å². The third kappa shape index (κ3) is 3.25. The maximum Gasteiger partial charge on any atom is 0.332 e. The van der Waals surface area contributed by atoms with Crippen LogP contribution in [0.5, 0.6) is 5.75 Å². The minimum atomic E-state index is -1.20. The molecule has 1 aromatic carbocycles. The number of hydroxylamine groups is 1. The average Bonchev–Trinajstić information content (AvgIpc) is 2.21. The van der Waals surface area contributed by atoms with Gasteiger partial charge in [0.25, 0.3) is 5.91 Å². The van der Waals surface area contributed by atoms with Crippen molar-refractivity contribution in [2.45, 2.75) is 6.92 Å². The van der Waals surface area contributed by atoms with E-state index in [4.69, 9.17) is 5.11 Å². The van der Waals surface area contributed by atoms with Gasteiger partial charge in [0.05, 0.1) is 5.56 Å². The number of amides is 1. The Balaban J connectivity index is 2.65. The Kier molecular flexibility index (Phi) is 3.84. The van der Waals surface area contributed by atoms with Crippen molar-refractivity contribution in [2.75, 3.05) is 6.61 Å². The van der Waals surface area contributed by atoms with E-state index in [0.29, 0.717) is 0 Å². The molecule has 0 aromatic heterocycles. The van der Waals surface area contributed by atoms with Gasteiger partial charge in [-0.05, 0) is 19.1 Å². The van der Waals surface area contributed by atoms with Crippen molar-refractivity contribution in [3.05, 3.63) is 29.3 Å². The second-order valence-electron chi connectivity index (χ2n) is 3.13. The van der Waals surface area contributed by atoms with Gasteiger partial charge in [0, 0.05) is 0 Å². The Labute approximate surface area is 91.4 Å². The van der Waals surface area contributed by atoms with Gasteiger partial charge in [-0.25, -0.2) is 10.3 Å². The van der Waals surface area contributed by atoms with Gasteiger partial charge in [-0.3, -0.25) is 9.63 Å². The van der Waals surface area contributed by atoms with Crippen molar-refractivity contribution in [3.63, 3.8) is 0 Å². The number of aromatic hydroxyl groups is 1. The van der Waals surface area contributed by atoms with Crippen molar-refractivity contribution in [1.29, 1.82) is 0 Å². The Morgan fingerprint density at radius 1 is 1.44 bits per heavy atom. The zero-order chi connectivity index (χ0) is 12.1. The summed E-state index contributed by atoms with van der Waals surface area (Å²) < 4.78 is 0. The molecule has 6 heteroatoms. The van der Waals surface area contributed by atoms with Crippen LogP contribution in [0.1, 0.15) is 15.9 Å². The maximum atomic E-state index is 11.4. The lowest BCUT2D eigenvalue weighted by Gasteiger charge is -2.06. The Morgan fingerprint density at radius 3 is 2.75 bits per heavy atom. The Hall–Kier alpha value is -2.08. The molecule has 0 atom stereocenters. The van der Waals surface area contributed by atoms with Crippen LogP contribution in [-0.2, 0) is 9.63 Å². The minimum Gasteiger partial charge on any atom is -0.507 e. The van der Waals surface area contributed by atoms with Crippen LogP contribution in [0.3, 0.4) is 0 Å². The van der Waals surface area contributed by atoms with E-state index >= 15 is 0 Å². The first-order valence-electron chi connectivity index (χ1n) is 4.44. The number of nitrogens with one attached hydrogen (secondary N) is 1. The van der Waals surface area contributed by atoms with Gasteiger partial charge in [-0.15, -0.1) is 0 Å². The highest BCUT2D eigenvalue weighted by Crippen LogP contribution is 2.17. The molecule has 0 aliphatic carbocycles. The predicted octanol–water partition coefficient (Wildman–Crippen LogP) is 0.447. The third-order valence-electron chi connectivity index (χ3n) is 1.76. The number of carbonyl (C=O) groups is 2. The van der Waals surface area contributed by atoms with Crippen LogP contribution in [-0.4, -0.2) is 28.7 Å². The molecule has 86 valence electrons. The second kappa shape index (κ2) is 5.13. The first-order valence-corrected chi connectivity index (χ1v) is 4.44. The van der Waals surface area contributed by atoms with E-state index in [9.17, 15) is 14.7 Å². The van der Waals surface area contributed by atoms with Crippen molar-refractivity contribution in [1.82, 2.24) is 5.48 Å². The summed E-state index contributed by atoms with van der Waals surface area (Å²) in [6, 6.07) is 4.49. The van der Waals surface area contributed by atoms with Crippen LogP contribution in [0, 0.1) is 6.92 Å². The van der Waals surface area contributed by atoms with E-state index in [0.717, 1.165) is 5.56 Å². The summed E-state index contributed by atoms with van der Waals surface area (Å²) >= 11 is 0. The molecular formula is C10H11NO5. The Bertz CT molecular complexity index is 416. The fourth-order valence-corrected chi connectivity index (χ4v) is 1.05. The zero-order valence-corrected chi connectivity index (χ0v) is 8.56. The molecule has 0 saturated heterocycles. The standard InChI is InChI=1S/C10H11NO5/c1-6-2-3-8(12)7(4-6)10(15)11-16-5-9(13)14/h2-4,12H,5H2,1H3,(H,11,15)(H,13,14). The molecule has 0 fully saturated rings. The van der Waals surface area contributed by atoms with Crippen molar-refractivity contribution >= 4 is 11.9 Å². The summed E-state index contributed by atoms with van der Waals surface area (Å²) in [7, 11) is 0. The van der Waals surface area contributed by atoms with Crippen LogP contribution >= 0.6 is 0 Å². The maximum absolute atomic E-state index is 11.4. The molecule has 0 heterocycles. The van der Waals surface area contributed by atoms with Crippen LogP contribution in [0.15, 0.2) is 18.2 Å². The smallest absolute Gasteiger partial charge is 0.332 e. The molecular weight excluding hydrogens is 214 g/mol. The van der Waals surface area contributed by atoms with E-state index in [1.165, 1.54) is 12.1 Å². The molecule has 0 saturated carbocycles. The van der Waals surface area contributed by atoms with Gasteiger partial charge in [-0.2, -0.15) is 0 Å². The number of rotatable bonds is 4. The van der Waals surface area contributed by atoms with E-state index in [-0.39, 0.29) is 11.3 Å². The predicted molar refractivity (Wildman–Crippen MR) is 53.9 cm³/mol. The highest BCUT2D eigenvalue weighted by Gasteiger charge is 2.11. The molecule has 1 aromatic rings. The van der Waals surface area contributed by atoms with Crippen LogP contribution < -0.4 is 5.48 Å². The monoisotopic (exact) mass is 225 g/mol. The second-order valence-corrected chi connectivity index (χ2v) is 3.13. The highest BCUT2D eigenvalue weighted by molar-refractivity contribution is 5.96. The van der Waals surface area contributed by atoms with Crippen LogP contribution in [0.4, 0.5) is 0 Å². The number of hydrogen-bond donors (Lipinski definition) is 3. The molecule has 1 amide bonds. The number of phenols is 1. The molecule has 0 radical (unpaired) electrons. The molecule has 0 spiro atoms. The molecule has 3 N–H and O–H groups in total. The topological polar surface area (TPSA) is 95.9 Å². The van der Waals surface area contributed by atoms with Crippen molar-refractivity contribution < 1.29 is 24.6 Å². The van der Waals surface area contributed by atoms with Crippen LogP contribution in [0.2, 0.25) is 0 Å². The quantitative estimate of drug-likeness (QED) is 0.646. The lowest BCUT2D eigenvalue weighted by molar-refractivity contribution is -0.144. The average molecular weight is 225 g/mol. The summed E-state index contributed by atoms with van der Waals surface area (Å²) in [4.78, 5) is 25.9. The molecule has 0 aliphatic rings. The SMILES string of the molecule is Cc1ccc(O)c(C(=O)NOCC(=O)O)c1. The van der Waals surface area contributed by atoms with Crippen molar-refractivity contribution in [3.8, 4) is 5.75 Å². The number of aliphatic carboxylic acids is 1. The summed E-state index contributed by atoms with van der Waals surface area (Å²) in [6.07, 6.45) is 0. The summed E-state index contributed by atoms with van der Waals surface area (Å²) in [5.41, 5.74) is 2.74. The lowest BCUT2D eigenvalue weighted by atomic mass is 10.1. The van der Waals surface area contributed by atoms with E-state index in [1.54, 1.807) is 13.0 Å². The van der Waals surface area contributed by atoms with E-state index in [2.05, 4.69) is 4.84 Å². The first-order chi connectivity index (χ1) is 7.50. The number of carboxylic acid groups (broad SMARTS) is 1. The molecule has 0 unspecified atom stereocenters. The molecule has 16 heavy (non-hydrogen) atoms. The van der Waals surface area contributed by atoms with E-state index in [1.807, 2.05) is 5.48 Å². The fourth-order valence-electron chi connectivity index (χ4n) is 1.05. The van der Waals surface area contributed by atoms with Gasteiger partial charge < -0.3 is 10.2 Å². The Morgan fingerprint density at radius 2 is 2.12 bits per heavy atom. The highest BCUT2D eigenvalue weighted by atomic mass is 16.7. The molecule has 0 bridgehead atoms. The number of carboxylic acids is 1. The van der Waals surface area contributed by atoms with Gasteiger partial charge in [0.15, 0.2) is 6.61 Å². The molecule has 6 nitrogen and oxygen atoms in total. The number of phenolic OH excluding ortho intramolecular Hbond substituents is 1. The fraction of sp³-hybridized carbons (Fsp3) is 0.200. The first kappa shape index (κ1) is 12.0. The number of benzene rings is 1. The minimum absolute atomic E-state index is 0.0328. The zero-order valence-electron chi connectivity index (χ0n) is 8.56. The lowest BCUT2D eigenvalue weighted by Crippen LogP contribution is -2.26. The van der Waals surface area contributed by atoms with Crippen LogP contribution in [0.25, 0.3) is 0 Å². The largest absolute Gasteiger partial charge is 0.507 e. The normalized spacial score (nSPS) is 9.81. The summed E-state index contributed by atoms with van der Waals surface area (Å²) in [5, 5.41) is 17.7. The van der Waals surface area contributed by atoms with Gasteiger partial charge in [-0.1, -0.05) is 11.6 Å². The number of aryl methyl sites for hydroxylation is 1. The number of carbonyl (C=O) groups excluding carboxylic acids is 1. The van der Waals surface area contributed by atoms with Gasteiger partial charge in [0.2, 0.25) is 0 Å². The van der Waals surface area contributed by atoms with Gasteiger partial charge >= 0.3 is 5.97 Å². The summed E-state index contributed by atoms with van der Waals surface area (Å²) in [5.74, 6) is -2.08. The summed E-state index contributed by atoms with van der Waals surface area (Å²) in [6.45, 7) is 1.12. The molecule has 1 rings (SSSR count). The molecule has 0 aliphatic heterocycles. The van der Waals surface area contributed by atoms with Crippen molar-refractivity contribution in [2.24, 2.45) is 0 Å².